The molecular weight excluding hydrogens is 414 g/mol. The molecule has 7 heteroatoms. The molecular formula is C24H25NO5S. The summed E-state index contributed by atoms with van der Waals surface area (Å²) in [5.74, 6) is 1.95. The maximum atomic E-state index is 12.9. The van der Waals surface area contributed by atoms with Crippen LogP contribution in [0.3, 0.4) is 0 Å². The summed E-state index contributed by atoms with van der Waals surface area (Å²) in [6.45, 7) is 2.11. The van der Waals surface area contributed by atoms with Gasteiger partial charge in [-0.25, -0.2) is 13.1 Å². The lowest BCUT2D eigenvalue weighted by atomic mass is 9.91. The molecule has 0 unspecified atom stereocenters. The highest BCUT2D eigenvalue weighted by Gasteiger charge is 2.36. The van der Waals surface area contributed by atoms with Crippen LogP contribution in [0, 0.1) is 6.92 Å². The normalized spacial score (nSPS) is 17.6. The summed E-state index contributed by atoms with van der Waals surface area (Å²) in [7, 11) is -0.434. The van der Waals surface area contributed by atoms with Crippen molar-refractivity contribution in [1.29, 1.82) is 0 Å². The molecule has 0 bridgehead atoms. The molecule has 0 aromatic heterocycles. The Morgan fingerprint density at radius 3 is 2.19 bits per heavy atom. The molecule has 0 amide bonds. The Hall–Kier alpha value is -3.03. The largest absolute Gasteiger partial charge is 0.497 e. The fraction of sp³-hybridized carbons (Fsp3) is 0.250. The first-order chi connectivity index (χ1) is 14.9. The van der Waals surface area contributed by atoms with Crippen LogP contribution in [0.5, 0.6) is 17.2 Å². The van der Waals surface area contributed by atoms with Gasteiger partial charge in [-0.05, 0) is 55.0 Å². The van der Waals surface area contributed by atoms with Crippen molar-refractivity contribution in [3.05, 3.63) is 83.4 Å². The van der Waals surface area contributed by atoms with Crippen LogP contribution in [0.1, 0.15) is 28.7 Å². The van der Waals surface area contributed by atoms with Crippen LogP contribution in [0.4, 0.5) is 0 Å². The van der Waals surface area contributed by atoms with Crippen molar-refractivity contribution in [3.8, 4) is 17.2 Å². The van der Waals surface area contributed by atoms with Crippen molar-refractivity contribution >= 4 is 10.0 Å². The van der Waals surface area contributed by atoms with Gasteiger partial charge in [-0.1, -0.05) is 29.8 Å². The Morgan fingerprint density at radius 2 is 1.55 bits per heavy atom. The number of nitrogens with one attached hydrogen (secondary N) is 1. The van der Waals surface area contributed by atoms with Crippen molar-refractivity contribution in [2.24, 2.45) is 0 Å². The molecule has 1 aliphatic heterocycles. The SMILES string of the molecule is COc1ccc([C@H]2Oc3ccc(OC)cc3[C@@H]2CNS(=O)(=O)c2ccc(C)cc2)cc1. The second-order valence-electron chi connectivity index (χ2n) is 7.49. The zero-order valence-corrected chi connectivity index (χ0v) is 18.5. The van der Waals surface area contributed by atoms with Gasteiger partial charge in [0.1, 0.15) is 23.4 Å². The Morgan fingerprint density at radius 1 is 0.903 bits per heavy atom. The van der Waals surface area contributed by atoms with Gasteiger partial charge in [0.05, 0.1) is 19.1 Å². The van der Waals surface area contributed by atoms with Crippen LogP contribution in [0.2, 0.25) is 0 Å². The summed E-state index contributed by atoms with van der Waals surface area (Å²) in [5, 5.41) is 0. The Bertz CT molecular complexity index is 1160. The van der Waals surface area contributed by atoms with Crippen molar-refractivity contribution in [2.45, 2.75) is 23.8 Å². The van der Waals surface area contributed by atoms with Gasteiger partial charge in [-0.3, -0.25) is 0 Å². The number of aryl methyl sites for hydroxylation is 1. The molecule has 0 saturated carbocycles. The Balaban J connectivity index is 1.64. The summed E-state index contributed by atoms with van der Waals surface area (Å²) in [6.07, 6.45) is -0.339. The fourth-order valence-corrected chi connectivity index (χ4v) is 4.80. The molecule has 1 aliphatic rings. The van der Waals surface area contributed by atoms with E-state index in [4.69, 9.17) is 14.2 Å². The second kappa shape index (κ2) is 8.61. The Kier molecular flexibility index (Phi) is 5.89. The predicted molar refractivity (Wildman–Crippen MR) is 118 cm³/mol. The van der Waals surface area contributed by atoms with Crippen LogP contribution < -0.4 is 18.9 Å². The van der Waals surface area contributed by atoms with E-state index in [0.717, 1.165) is 28.2 Å². The van der Waals surface area contributed by atoms with Gasteiger partial charge in [-0.15, -0.1) is 0 Å². The van der Waals surface area contributed by atoms with E-state index in [1.54, 1.807) is 38.5 Å². The predicted octanol–water partition coefficient (Wildman–Crippen LogP) is 4.21. The van der Waals surface area contributed by atoms with E-state index in [1.165, 1.54) is 0 Å². The van der Waals surface area contributed by atoms with E-state index < -0.39 is 10.0 Å². The van der Waals surface area contributed by atoms with Crippen molar-refractivity contribution in [2.75, 3.05) is 20.8 Å². The zero-order valence-electron chi connectivity index (χ0n) is 17.7. The van der Waals surface area contributed by atoms with Crippen LogP contribution in [0.25, 0.3) is 0 Å². The van der Waals surface area contributed by atoms with Crippen LogP contribution >= 0.6 is 0 Å². The quantitative estimate of drug-likeness (QED) is 0.597. The van der Waals surface area contributed by atoms with Crippen molar-refractivity contribution in [3.63, 3.8) is 0 Å². The third kappa shape index (κ3) is 4.38. The molecule has 2 atom stereocenters. The van der Waals surface area contributed by atoms with Crippen LogP contribution in [0.15, 0.2) is 71.6 Å². The van der Waals surface area contributed by atoms with Gasteiger partial charge in [0, 0.05) is 18.0 Å². The molecule has 31 heavy (non-hydrogen) atoms. The lowest BCUT2D eigenvalue weighted by Gasteiger charge is -2.20. The van der Waals surface area contributed by atoms with Gasteiger partial charge in [0.25, 0.3) is 0 Å². The van der Waals surface area contributed by atoms with E-state index in [-0.39, 0.29) is 23.5 Å². The summed E-state index contributed by atoms with van der Waals surface area (Å²) in [5.41, 5.74) is 2.85. The number of hydrogen-bond acceptors (Lipinski definition) is 5. The average Bonchev–Trinajstić information content (AvgIpc) is 3.15. The van der Waals surface area contributed by atoms with Gasteiger partial charge in [0.15, 0.2) is 0 Å². The number of rotatable bonds is 7. The molecule has 1 heterocycles. The molecule has 0 spiro atoms. The highest BCUT2D eigenvalue weighted by Crippen LogP contribution is 2.47. The minimum absolute atomic E-state index is 0.188. The molecule has 0 aliphatic carbocycles. The molecule has 0 saturated heterocycles. The summed E-state index contributed by atoms with van der Waals surface area (Å²) in [4.78, 5) is 0.240. The number of benzene rings is 3. The topological polar surface area (TPSA) is 73.9 Å². The summed E-state index contributed by atoms with van der Waals surface area (Å²) >= 11 is 0. The molecule has 4 rings (SSSR count). The number of sulfonamides is 1. The number of ether oxygens (including phenoxy) is 3. The molecule has 6 nitrogen and oxygen atoms in total. The maximum absolute atomic E-state index is 12.9. The molecule has 0 fully saturated rings. The van der Waals surface area contributed by atoms with Crippen molar-refractivity contribution in [1.82, 2.24) is 4.72 Å². The van der Waals surface area contributed by atoms with E-state index in [9.17, 15) is 8.42 Å². The van der Waals surface area contributed by atoms with Crippen molar-refractivity contribution < 1.29 is 22.6 Å². The summed E-state index contributed by atoms with van der Waals surface area (Å²) in [6, 6.07) is 20.0. The summed E-state index contributed by atoms with van der Waals surface area (Å²) < 4.78 is 45.4. The first kappa shape index (κ1) is 21.2. The zero-order chi connectivity index (χ0) is 22.0. The molecule has 0 radical (unpaired) electrons. The molecule has 162 valence electrons. The van der Waals surface area contributed by atoms with Gasteiger partial charge < -0.3 is 14.2 Å². The smallest absolute Gasteiger partial charge is 0.240 e. The lowest BCUT2D eigenvalue weighted by molar-refractivity contribution is 0.210. The fourth-order valence-electron chi connectivity index (χ4n) is 3.74. The molecule has 1 N–H and O–H groups in total. The van der Waals surface area contributed by atoms with Gasteiger partial charge in [0.2, 0.25) is 10.0 Å². The molecule has 3 aromatic carbocycles. The van der Waals surface area contributed by atoms with E-state index in [1.807, 2.05) is 49.4 Å². The first-order valence-corrected chi connectivity index (χ1v) is 11.4. The number of methoxy groups -OCH3 is 2. The third-order valence-corrected chi connectivity index (χ3v) is 6.94. The Labute approximate surface area is 182 Å². The molecule has 3 aromatic rings. The highest BCUT2D eigenvalue weighted by atomic mass is 32.2. The maximum Gasteiger partial charge on any atom is 0.240 e. The standard InChI is InChI=1S/C24H25NO5S/c1-16-4-11-20(12-5-16)31(26,27)25-15-22-21-14-19(29-3)10-13-23(21)30-24(22)17-6-8-18(28-2)9-7-17/h4-14,22,24-25H,15H2,1-3H3/t22-,24+/m0/s1. The minimum Gasteiger partial charge on any atom is -0.497 e. The van der Waals surface area contributed by atoms with Gasteiger partial charge in [-0.2, -0.15) is 0 Å². The van der Waals surface area contributed by atoms with Crippen LogP contribution in [-0.2, 0) is 10.0 Å². The van der Waals surface area contributed by atoms with Gasteiger partial charge >= 0.3 is 0 Å². The van der Waals surface area contributed by atoms with E-state index >= 15 is 0 Å². The van der Waals surface area contributed by atoms with E-state index in [2.05, 4.69) is 4.72 Å². The number of fused-ring (bicyclic) bond motifs is 1. The van der Waals surface area contributed by atoms with E-state index in [0.29, 0.717) is 5.75 Å². The third-order valence-electron chi connectivity index (χ3n) is 5.50. The second-order valence-corrected chi connectivity index (χ2v) is 9.25. The van der Waals surface area contributed by atoms with Crippen LogP contribution in [-0.4, -0.2) is 29.2 Å². The highest BCUT2D eigenvalue weighted by molar-refractivity contribution is 7.89. The lowest BCUT2D eigenvalue weighted by Crippen LogP contribution is -2.30. The average molecular weight is 440 g/mol. The first-order valence-electron chi connectivity index (χ1n) is 9.96. The minimum atomic E-state index is -3.66. The number of hydrogen-bond donors (Lipinski definition) is 1. The monoisotopic (exact) mass is 439 g/mol.